The maximum atomic E-state index is 12.9. The standard InChI is InChI=1S/C20H20N2O3/c1-22(13-14-9-10-17(24-2)18(12-14)25-3)20(23)16-8-4-6-15-7-5-11-21-19(15)16/h4-12H,13H2,1-3H3. The fraction of sp³-hybridized carbons (Fsp3) is 0.200. The van der Waals surface area contributed by atoms with Crippen molar-refractivity contribution < 1.29 is 14.3 Å². The molecular formula is C20H20N2O3. The van der Waals surface area contributed by atoms with Gasteiger partial charge in [0.2, 0.25) is 0 Å². The van der Waals surface area contributed by atoms with Crippen LogP contribution in [0.1, 0.15) is 15.9 Å². The van der Waals surface area contributed by atoms with Gasteiger partial charge >= 0.3 is 0 Å². The van der Waals surface area contributed by atoms with Crippen molar-refractivity contribution in [1.29, 1.82) is 0 Å². The average molecular weight is 336 g/mol. The van der Waals surface area contributed by atoms with Crippen molar-refractivity contribution in [3.05, 3.63) is 65.9 Å². The predicted molar refractivity (Wildman–Crippen MR) is 97.1 cm³/mol. The number of carbonyl (C=O) groups is 1. The van der Waals surface area contributed by atoms with Crippen LogP contribution in [0.5, 0.6) is 11.5 Å². The smallest absolute Gasteiger partial charge is 0.256 e. The van der Waals surface area contributed by atoms with Crippen LogP contribution in [0.2, 0.25) is 0 Å². The number of para-hydroxylation sites is 1. The summed E-state index contributed by atoms with van der Waals surface area (Å²) < 4.78 is 10.6. The van der Waals surface area contributed by atoms with Crippen LogP contribution in [-0.4, -0.2) is 37.1 Å². The van der Waals surface area contributed by atoms with Crippen LogP contribution in [0, 0.1) is 0 Å². The first-order valence-electron chi connectivity index (χ1n) is 7.94. The molecule has 0 aliphatic rings. The van der Waals surface area contributed by atoms with Gasteiger partial charge in [-0.05, 0) is 29.8 Å². The molecule has 5 nitrogen and oxygen atoms in total. The molecule has 0 N–H and O–H groups in total. The van der Waals surface area contributed by atoms with Gasteiger partial charge in [0.1, 0.15) is 0 Å². The minimum atomic E-state index is -0.0703. The molecule has 0 spiro atoms. The molecule has 1 aromatic heterocycles. The van der Waals surface area contributed by atoms with E-state index in [1.165, 1.54) is 0 Å². The van der Waals surface area contributed by atoms with Crippen molar-refractivity contribution in [2.45, 2.75) is 6.54 Å². The van der Waals surface area contributed by atoms with E-state index in [0.29, 0.717) is 29.1 Å². The lowest BCUT2D eigenvalue weighted by atomic mass is 10.1. The second-order valence-corrected chi connectivity index (χ2v) is 5.73. The van der Waals surface area contributed by atoms with E-state index in [4.69, 9.17) is 9.47 Å². The zero-order valence-electron chi connectivity index (χ0n) is 14.5. The summed E-state index contributed by atoms with van der Waals surface area (Å²) >= 11 is 0. The van der Waals surface area contributed by atoms with E-state index in [2.05, 4.69) is 4.98 Å². The molecule has 3 aromatic rings. The zero-order valence-corrected chi connectivity index (χ0v) is 14.5. The van der Waals surface area contributed by atoms with Gasteiger partial charge in [-0.2, -0.15) is 0 Å². The molecule has 0 saturated carbocycles. The summed E-state index contributed by atoms with van der Waals surface area (Å²) in [6, 6.07) is 15.1. The Bertz CT molecular complexity index is 903. The molecule has 3 rings (SSSR count). The second kappa shape index (κ2) is 7.21. The van der Waals surface area contributed by atoms with E-state index in [9.17, 15) is 4.79 Å². The molecule has 0 unspecified atom stereocenters. The van der Waals surface area contributed by atoms with Crippen LogP contribution in [0.25, 0.3) is 10.9 Å². The minimum absolute atomic E-state index is 0.0703. The van der Waals surface area contributed by atoms with Crippen LogP contribution < -0.4 is 9.47 Å². The SMILES string of the molecule is COc1ccc(CN(C)C(=O)c2cccc3cccnc23)cc1OC. The Morgan fingerprint density at radius 1 is 1.04 bits per heavy atom. The quantitative estimate of drug-likeness (QED) is 0.715. The minimum Gasteiger partial charge on any atom is -0.493 e. The molecule has 0 radical (unpaired) electrons. The van der Waals surface area contributed by atoms with E-state index in [-0.39, 0.29) is 5.91 Å². The fourth-order valence-corrected chi connectivity index (χ4v) is 2.81. The van der Waals surface area contributed by atoms with Crippen molar-refractivity contribution in [2.24, 2.45) is 0 Å². The van der Waals surface area contributed by atoms with Gasteiger partial charge < -0.3 is 14.4 Å². The van der Waals surface area contributed by atoms with Gasteiger partial charge in [0.05, 0.1) is 25.3 Å². The van der Waals surface area contributed by atoms with Gasteiger partial charge in [0.15, 0.2) is 11.5 Å². The molecule has 0 bridgehead atoms. The van der Waals surface area contributed by atoms with E-state index >= 15 is 0 Å². The molecule has 0 fully saturated rings. The first kappa shape index (κ1) is 16.8. The maximum absolute atomic E-state index is 12.9. The molecule has 25 heavy (non-hydrogen) atoms. The van der Waals surface area contributed by atoms with Gasteiger partial charge in [0, 0.05) is 25.2 Å². The van der Waals surface area contributed by atoms with E-state index in [0.717, 1.165) is 10.9 Å². The van der Waals surface area contributed by atoms with Gasteiger partial charge in [-0.15, -0.1) is 0 Å². The van der Waals surface area contributed by atoms with Crippen LogP contribution in [0.15, 0.2) is 54.7 Å². The number of benzene rings is 2. The van der Waals surface area contributed by atoms with Crippen molar-refractivity contribution in [3.63, 3.8) is 0 Å². The van der Waals surface area contributed by atoms with Crippen molar-refractivity contribution >= 4 is 16.8 Å². The number of methoxy groups -OCH3 is 2. The highest BCUT2D eigenvalue weighted by molar-refractivity contribution is 6.05. The molecular weight excluding hydrogens is 316 g/mol. The van der Waals surface area contributed by atoms with Crippen molar-refractivity contribution in [3.8, 4) is 11.5 Å². The number of carbonyl (C=O) groups excluding carboxylic acids is 1. The third-order valence-electron chi connectivity index (χ3n) is 4.08. The highest BCUT2D eigenvalue weighted by atomic mass is 16.5. The maximum Gasteiger partial charge on any atom is 0.256 e. The Hall–Kier alpha value is -3.08. The third-order valence-corrected chi connectivity index (χ3v) is 4.08. The first-order valence-corrected chi connectivity index (χ1v) is 7.94. The number of ether oxygens (including phenoxy) is 2. The van der Waals surface area contributed by atoms with Gasteiger partial charge in [-0.1, -0.05) is 24.3 Å². The summed E-state index contributed by atoms with van der Waals surface area (Å²) in [4.78, 5) is 18.9. The fourth-order valence-electron chi connectivity index (χ4n) is 2.81. The number of pyridine rings is 1. The largest absolute Gasteiger partial charge is 0.493 e. The molecule has 2 aromatic carbocycles. The summed E-state index contributed by atoms with van der Waals surface area (Å²) in [5.74, 6) is 1.24. The van der Waals surface area contributed by atoms with Crippen molar-refractivity contribution in [2.75, 3.05) is 21.3 Å². The van der Waals surface area contributed by atoms with Crippen LogP contribution >= 0.6 is 0 Å². The highest BCUT2D eigenvalue weighted by Gasteiger charge is 2.16. The van der Waals surface area contributed by atoms with Crippen LogP contribution in [-0.2, 0) is 6.54 Å². The molecule has 0 aliphatic carbocycles. The molecule has 128 valence electrons. The average Bonchev–Trinajstić information content (AvgIpc) is 2.66. The van der Waals surface area contributed by atoms with E-state index < -0.39 is 0 Å². The lowest BCUT2D eigenvalue weighted by molar-refractivity contribution is 0.0786. The van der Waals surface area contributed by atoms with E-state index in [1.54, 1.807) is 32.4 Å². The number of hydrogen-bond acceptors (Lipinski definition) is 4. The summed E-state index contributed by atoms with van der Waals surface area (Å²) in [6.45, 7) is 0.461. The molecule has 1 heterocycles. The predicted octanol–water partition coefficient (Wildman–Crippen LogP) is 3.52. The Labute approximate surface area is 146 Å². The lowest BCUT2D eigenvalue weighted by Crippen LogP contribution is -2.26. The zero-order chi connectivity index (χ0) is 17.8. The Morgan fingerprint density at radius 3 is 2.56 bits per heavy atom. The monoisotopic (exact) mass is 336 g/mol. The van der Waals surface area contributed by atoms with Crippen LogP contribution in [0.3, 0.4) is 0 Å². The molecule has 5 heteroatoms. The number of amides is 1. The number of aromatic nitrogens is 1. The summed E-state index contributed by atoms with van der Waals surface area (Å²) in [6.07, 6.45) is 1.70. The number of nitrogens with zero attached hydrogens (tertiary/aromatic N) is 2. The lowest BCUT2D eigenvalue weighted by Gasteiger charge is -2.19. The molecule has 0 aliphatic heterocycles. The second-order valence-electron chi connectivity index (χ2n) is 5.73. The van der Waals surface area contributed by atoms with Gasteiger partial charge in [-0.3, -0.25) is 9.78 Å². The first-order chi connectivity index (χ1) is 12.1. The number of fused-ring (bicyclic) bond motifs is 1. The Balaban J connectivity index is 1.85. The summed E-state index contributed by atoms with van der Waals surface area (Å²) in [5.41, 5.74) is 2.27. The molecule has 0 saturated heterocycles. The summed E-state index contributed by atoms with van der Waals surface area (Å²) in [7, 11) is 4.97. The third kappa shape index (κ3) is 3.40. The normalized spacial score (nSPS) is 10.5. The molecule has 1 amide bonds. The Kier molecular flexibility index (Phi) is 4.84. The van der Waals surface area contributed by atoms with E-state index in [1.807, 2.05) is 48.5 Å². The topological polar surface area (TPSA) is 51.7 Å². The van der Waals surface area contributed by atoms with Crippen molar-refractivity contribution in [1.82, 2.24) is 9.88 Å². The number of rotatable bonds is 5. The van der Waals surface area contributed by atoms with Gasteiger partial charge in [0.25, 0.3) is 5.91 Å². The van der Waals surface area contributed by atoms with Gasteiger partial charge in [-0.25, -0.2) is 0 Å². The number of hydrogen-bond donors (Lipinski definition) is 0. The highest BCUT2D eigenvalue weighted by Crippen LogP contribution is 2.28. The molecule has 0 atom stereocenters. The van der Waals surface area contributed by atoms with Crippen LogP contribution in [0.4, 0.5) is 0 Å². The Morgan fingerprint density at radius 2 is 1.80 bits per heavy atom. The summed E-state index contributed by atoms with van der Waals surface area (Å²) in [5, 5.41) is 0.952.